The molecule has 2 heterocycles. The van der Waals surface area contributed by atoms with Gasteiger partial charge in [0.2, 0.25) is 0 Å². The van der Waals surface area contributed by atoms with Gasteiger partial charge >= 0.3 is 17.7 Å². The Kier molecular flexibility index (Phi) is 10.3. The SMILES string of the molecule is CCCCOc1nc(N)c2[nH]c(=O)n(CCCCN(CCO)Cc3cccc(CC(=O)OC)c3)c2n1. The minimum Gasteiger partial charge on any atom is -0.469 e. The summed E-state index contributed by atoms with van der Waals surface area (Å²) in [6.45, 7) is 4.96. The molecule has 0 saturated carbocycles. The average Bonchev–Trinajstić information content (AvgIpc) is 3.17. The molecule has 0 aliphatic heterocycles. The predicted molar refractivity (Wildman–Crippen MR) is 137 cm³/mol. The molecule has 0 amide bonds. The summed E-state index contributed by atoms with van der Waals surface area (Å²) < 4.78 is 11.9. The number of aliphatic hydroxyl groups is 1. The highest BCUT2D eigenvalue weighted by molar-refractivity contribution is 5.81. The molecular weight excluding hydrogens is 464 g/mol. The lowest BCUT2D eigenvalue weighted by Gasteiger charge is -2.21. The van der Waals surface area contributed by atoms with Crippen LogP contribution in [0.5, 0.6) is 6.01 Å². The molecule has 0 radical (unpaired) electrons. The largest absolute Gasteiger partial charge is 0.469 e. The molecule has 0 bridgehead atoms. The number of aliphatic hydroxyl groups excluding tert-OH is 1. The summed E-state index contributed by atoms with van der Waals surface area (Å²) in [5, 5.41) is 9.52. The van der Waals surface area contributed by atoms with Crippen molar-refractivity contribution >= 4 is 23.0 Å². The monoisotopic (exact) mass is 500 g/mol. The molecule has 2 aromatic heterocycles. The van der Waals surface area contributed by atoms with Crippen LogP contribution in [0.2, 0.25) is 0 Å². The smallest absolute Gasteiger partial charge is 0.327 e. The number of carbonyl (C=O) groups excluding carboxylic acids is 1. The summed E-state index contributed by atoms with van der Waals surface area (Å²) in [5.41, 5.74) is 8.53. The number of nitrogens with zero attached hydrogens (tertiary/aromatic N) is 4. The lowest BCUT2D eigenvalue weighted by Crippen LogP contribution is -2.28. The van der Waals surface area contributed by atoms with Crippen LogP contribution in [0.4, 0.5) is 5.82 Å². The molecule has 3 rings (SSSR count). The third-order valence-electron chi connectivity index (χ3n) is 5.86. The number of ether oxygens (including phenoxy) is 2. The molecule has 0 aliphatic carbocycles. The van der Waals surface area contributed by atoms with Crippen molar-refractivity contribution in [3.05, 3.63) is 45.9 Å². The molecule has 0 spiro atoms. The molecule has 36 heavy (non-hydrogen) atoms. The number of benzene rings is 1. The Morgan fingerprint density at radius 2 is 2.00 bits per heavy atom. The molecule has 196 valence electrons. The van der Waals surface area contributed by atoms with Crippen molar-refractivity contribution in [2.75, 3.05) is 39.1 Å². The highest BCUT2D eigenvalue weighted by Crippen LogP contribution is 2.18. The van der Waals surface area contributed by atoms with Crippen LogP contribution in [0.3, 0.4) is 0 Å². The number of aromatic nitrogens is 4. The molecule has 3 aromatic rings. The number of rotatable bonds is 15. The first kappa shape index (κ1) is 27.2. The Balaban J connectivity index is 1.60. The number of nitrogens with one attached hydrogen (secondary N) is 1. The Bertz CT molecular complexity index is 1190. The van der Waals surface area contributed by atoms with Crippen LogP contribution in [0.15, 0.2) is 29.1 Å². The number of unbranched alkanes of at least 4 members (excludes halogenated alkanes) is 2. The van der Waals surface area contributed by atoms with E-state index >= 15 is 0 Å². The first-order valence-electron chi connectivity index (χ1n) is 12.3. The van der Waals surface area contributed by atoms with Crippen molar-refractivity contribution in [3.8, 4) is 6.01 Å². The summed E-state index contributed by atoms with van der Waals surface area (Å²) in [7, 11) is 1.38. The van der Waals surface area contributed by atoms with Crippen molar-refractivity contribution in [1.29, 1.82) is 0 Å². The Labute approximate surface area is 210 Å². The first-order chi connectivity index (χ1) is 17.4. The van der Waals surface area contributed by atoms with Gasteiger partial charge in [-0.3, -0.25) is 14.3 Å². The second-order valence-corrected chi connectivity index (χ2v) is 8.65. The van der Waals surface area contributed by atoms with E-state index < -0.39 is 0 Å². The van der Waals surface area contributed by atoms with E-state index in [2.05, 4.69) is 26.8 Å². The summed E-state index contributed by atoms with van der Waals surface area (Å²) in [6, 6.07) is 7.97. The quantitative estimate of drug-likeness (QED) is 0.210. The number of esters is 1. The number of nitrogen functional groups attached to an aromatic ring is 1. The van der Waals surface area contributed by atoms with Crippen LogP contribution in [0.25, 0.3) is 11.2 Å². The molecule has 1 aromatic carbocycles. The second kappa shape index (κ2) is 13.6. The minimum atomic E-state index is -0.286. The number of hydrogen-bond donors (Lipinski definition) is 3. The predicted octanol–water partition coefficient (Wildman–Crippen LogP) is 1.87. The van der Waals surface area contributed by atoms with E-state index in [1.807, 2.05) is 24.3 Å². The molecule has 0 atom stereocenters. The van der Waals surface area contributed by atoms with E-state index in [1.165, 1.54) is 7.11 Å². The van der Waals surface area contributed by atoms with E-state index in [1.54, 1.807) is 4.57 Å². The Morgan fingerprint density at radius 1 is 1.19 bits per heavy atom. The zero-order chi connectivity index (χ0) is 25.9. The number of nitrogens with two attached hydrogens (primary N) is 1. The lowest BCUT2D eigenvalue weighted by atomic mass is 10.1. The zero-order valence-electron chi connectivity index (χ0n) is 21.0. The van der Waals surface area contributed by atoms with E-state index in [9.17, 15) is 14.7 Å². The van der Waals surface area contributed by atoms with Crippen molar-refractivity contribution < 1.29 is 19.4 Å². The van der Waals surface area contributed by atoms with Gasteiger partial charge in [0, 0.05) is 19.6 Å². The fraction of sp³-hybridized carbons (Fsp3) is 0.520. The Hall–Kier alpha value is -3.44. The van der Waals surface area contributed by atoms with Crippen molar-refractivity contribution in [2.45, 2.75) is 52.1 Å². The number of hydrogen-bond acceptors (Lipinski definition) is 9. The van der Waals surface area contributed by atoms with E-state index in [-0.39, 0.29) is 36.5 Å². The van der Waals surface area contributed by atoms with Crippen LogP contribution < -0.4 is 16.2 Å². The third-order valence-corrected chi connectivity index (χ3v) is 5.86. The fourth-order valence-electron chi connectivity index (χ4n) is 3.96. The first-order valence-corrected chi connectivity index (χ1v) is 12.3. The zero-order valence-corrected chi connectivity index (χ0v) is 21.0. The standard InChI is InChI=1S/C25H36N6O5/c1-3-4-14-36-24-28-22(26)21-23(29-24)31(25(34)27-21)11-6-5-10-30(12-13-32)17-19-9-7-8-18(15-19)16-20(33)35-2/h7-9,15,32H,3-6,10-14,16-17H2,1-2H3,(H,27,34)(H2,26,28,29). The summed E-state index contributed by atoms with van der Waals surface area (Å²) in [4.78, 5) is 37.5. The van der Waals surface area contributed by atoms with E-state index in [0.29, 0.717) is 37.4 Å². The highest BCUT2D eigenvalue weighted by atomic mass is 16.5. The molecule has 0 aliphatic rings. The molecule has 0 saturated heterocycles. The minimum absolute atomic E-state index is 0.0424. The summed E-state index contributed by atoms with van der Waals surface area (Å²) in [5.74, 6) is -0.0931. The number of H-pyrrole nitrogens is 1. The van der Waals surface area contributed by atoms with Crippen molar-refractivity contribution in [2.24, 2.45) is 0 Å². The van der Waals surface area contributed by atoms with Gasteiger partial charge in [0.05, 0.1) is 26.7 Å². The normalized spacial score (nSPS) is 11.3. The van der Waals surface area contributed by atoms with E-state index in [0.717, 1.165) is 43.4 Å². The molecule has 4 N–H and O–H groups in total. The second-order valence-electron chi connectivity index (χ2n) is 8.65. The van der Waals surface area contributed by atoms with Crippen LogP contribution in [0.1, 0.15) is 43.7 Å². The molecular formula is C25H36N6O5. The summed E-state index contributed by atoms with van der Waals surface area (Å²) in [6.07, 6.45) is 3.62. The molecule has 0 unspecified atom stereocenters. The van der Waals surface area contributed by atoms with Gasteiger partial charge in [0.1, 0.15) is 5.52 Å². The maximum absolute atomic E-state index is 12.5. The number of methoxy groups -OCH3 is 1. The van der Waals surface area contributed by atoms with Crippen LogP contribution in [-0.4, -0.2) is 68.9 Å². The lowest BCUT2D eigenvalue weighted by molar-refractivity contribution is -0.139. The van der Waals surface area contributed by atoms with Gasteiger partial charge in [-0.2, -0.15) is 9.97 Å². The van der Waals surface area contributed by atoms with Crippen LogP contribution in [-0.2, 0) is 29.0 Å². The van der Waals surface area contributed by atoms with Crippen molar-refractivity contribution in [1.82, 2.24) is 24.4 Å². The summed E-state index contributed by atoms with van der Waals surface area (Å²) >= 11 is 0. The van der Waals surface area contributed by atoms with Gasteiger partial charge in [-0.1, -0.05) is 37.6 Å². The fourth-order valence-corrected chi connectivity index (χ4v) is 3.96. The number of fused-ring (bicyclic) bond motifs is 1. The highest BCUT2D eigenvalue weighted by Gasteiger charge is 2.15. The van der Waals surface area contributed by atoms with Crippen LogP contribution in [0, 0.1) is 0 Å². The third kappa shape index (κ3) is 7.53. The number of imidazole rings is 1. The number of anilines is 1. The number of aryl methyl sites for hydroxylation is 1. The van der Waals surface area contributed by atoms with Gasteiger partial charge in [0.15, 0.2) is 11.5 Å². The number of carbonyl (C=O) groups is 1. The van der Waals surface area contributed by atoms with Gasteiger partial charge in [-0.05, 0) is 36.9 Å². The van der Waals surface area contributed by atoms with Crippen molar-refractivity contribution in [3.63, 3.8) is 0 Å². The maximum atomic E-state index is 12.5. The molecule has 11 heteroatoms. The van der Waals surface area contributed by atoms with Gasteiger partial charge in [-0.25, -0.2) is 4.79 Å². The topological polar surface area (TPSA) is 149 Å². The van der Waals surface area contributed by atoms with Crippen LogP contribution >= 0.6 is 0 Å². The van der Waals surface area contributed by atoms with Gasteiger partial charge < -0.3 is 25.3 Å². The Morgan fingerprint density at radius 3 is 2.75 bits per heavy atom. The van der Waals surface area contributed by atoms with Gasteiger partial charge in [0.25, 0.3) is 0 Å². The maximum Gasteiger partial charge on any atom is 0.327 e. The molecule has 0 fully saturated rings. The van der Waals surface area contributed by atoms with E-state index in [4.69, 9.17) is 15.2 Å². The average molecular weight is 501 g/mol. The molecule has 11 nitrogen and oxygen atoms in total. The van der Waals surface area contributed by atoms with Gasteiger partial charge in [-0.15, -0.1) is 0 Å². The number of aromatic amines is 1.